The van der Waals surface area contributed by atoms with Crippen molar-refractivity contribution in [1.82, 2.24) is 4.31 Å². The molecule has 0 spiro atoms. The van der Waals surface area contributed by atoms with E-state index in [1.165, 1.54) is 0 Å². The summed E-state index contributed by atoms with van der Waals surface area (Å²) >= 11 is 0. The molecule has 0 saturated heterocycles. The van der Waals surface area contributed by atoms with E-state index < -0.39 is 10.0 Å². The summed E-state index contributed by atoms with van der Waals surface area (Å²) in [6.07, 6.45) is 2.28. The third-order valence-electron chi connectivity index (χ3n) is 4.19. The molecule has 0 aliphatic carbocycles. The summed E-state index contributed by atoms with van der Waals surface area (Å²) in [6.45, 7) is 8.55. The predicted molar refractivity (Wildman–Crippen MR) is 92.1 cm³/mol. The largest absolute Gasteiger partial charge is 0.309 e. The van der Waals surface area contributed by atoms with Gasteiger partial charge in [-0.1, -0.05) is 13.8 Å². The maximum Gasteiger partial charge on any atom is 0.243 e. The lowest BCUT2D eigenvalue weighted by molar-refractivity contribution is -0.116. The molecule has 6 heteroatoms. The molecule has 1 heterocycles. The highest BCUT2D eigenvalue weighted by atomic mass is 32.2. The molecule has 0 saturated carbocycles. The van der Waals surface area contributed by atoms with Crippen molar-refractivity contribution in [3.63, 3.8) is 0 Å². The minimum atomic E-state index is -3.47. The van der Waals surface area contributed by atoms with Gasteiger partial charge in [0.1, 0.15) is 0 Å². The third-order valence-corrected chi connectivity index (χ3v) is 6.08. The number of carbonyl (C=O) groups is 1. The molecule has 5 nitrogen and oxygen atoms in total. The summed E-state index contributed by atoms with van der Waals surface area (Å²) in [7, 11) is -3.47. The summed E-state index contributed by atoms with van der Waals surface area (Å²) < 4.78 is 27.3. The van der Waals surface area contributed by atoms with Crippen molar-refractivity contribution in [3.8, 4) is 0 Å². The van der Waals surface area contributed by atoms with E-state index >= 15 is 0 Å². The second-order valence-electron chi connectivity index (χ2n) is 6.14. The van der Waals surface area contributed by atoms with Crippen LogP contribution in [0.1, 0.15) is 46.1 Å². The van der Waals surface area contributed by atoms with E-state index in [0.717, 1.165) is 24.1 Å². The number of nitrogens with zero attached hydrogens (tertiary/aromatic N) is 2. The molecule has 0 bridgehead atoms. The Hall–Kier alpha value is -1.40. The number of benzene rings is 1. The van der Waals surface area contributed by atoms with E-state index in [4.69, 9.17) is 0 Å². The fourth-order valence-electron chi connectivity index (χ4n) is 3.25. The van der Waals surface area contributed by atoms with Crippen LogP contribution in [-0.2, 0) is 21.2 Å². The molecular formula is C17H26N2O3S. The third kappa shape index (κ3) is 3.43. The van der Waals surface area contributed by atoms with Crippen molar-refractivity contribution in [1.29, 1.82) is 0 Å². The zero-order chi connectivity index (χ0) is 17.2. The maximum absolute atomic E-state index is 12.9. The predicted octanol–water partition coefficient (Wildman–Crippen LogP) is 2.79. The number of amides is 1. The Morgan fingerprint density at radius 3 is 2.39 bits per heavy atom. The van der Waals surface area contributed by atoms with Gasteiger partial charge in [-0.15, -0.1) is 0 Å². The van der Waals surface area contributed by atoms with Crippen LogP contribution in [0.15, 0.2) is 23.1 Å². The molecule has 128 valence electrons. The van der Waals surface area contributed by atoms with E-state index in [-0.39, 0.29) is 11.9 Å². The molecule has 1 aromatic carbocycles. The van der Waals surface area contributed by atoms with Crippen LogP contribution in [0.4, 0.5) is 5.69 Å². The Balaban J connectivity index is 2.39. The summed E-state index contributed by atoms with van der Waals surface area (Å²) in [5, 5.41) is 0. The Labute approximate surface area is 139 Å². The van der Waals surface area contributed by atoms with Crippen molar-refractivity contribution < 1.29 is 13.2 Å². The van der Waals surface area contributed by atoms with Crippen LogP contribution >= 0.6 is 0 Å². The molecule has 1 amide bonds. The maximum atomic E-state index is 12.9. The average molecular weight is 338 g/mol. The zero-order valence-corrected chi connectivity index (χ0v) is 15.2. The number of hydrogen-bond acceptors (Lipinski definition) is 3. The summed E-state index contributed by atoms with van der Waals surface area (Å²) in [5.41, 5.74) is 1.77. The second-order valence-corrected chi connectivity index (χ2v) is 8.07. The first kappa shape index (κ1) is 17.9. The van der Waals surface area contributed by atoms with Crippen LogP contribution in [0.2, 0.25) is 0 Å². The van der Waals surface area contributed by atoms with Crippen molar-refractivity contribution >= 4 is 21.6 Å². The molecule has 1 aliphatic heterocycles. The first-order valence-electron chi connectivity index (χ1n) is 8.25. The lowest BCUT2D eigenvalue weighted by atomic mass is 10.1. The van der Waals surface area contributed by atoms with E-state index in [1.54, 1.807) is 34.3 Å². The van der Waals surface area contributed by atoms with Crippen LogP contribution in [0.5, 0.6) is 0 Å². The van der Waals surface area contributed by atoms with Gasteiger partial charge in [-0.05, 0) is 49.9 Å². The first-order valence-corrected chi connectivity index (χ1v) is 9.69. The summed E-state index contributed by atoms with van der Waals surface area (Å²) in [4.78, 5) is 13.8. The van der Waals surface area contributed by atoms with Gasteiger partial charge in [-0.3, -0.25) is 4.79 Å². The van der Waals surface area contributed by atoms with Gasteiger partial charge in [-0.2, -0.15) is 4.31 Å². The minimum absolute atomic E-state index is 0.00884. The second kappa shape index (κ2) is 7.01. The highest BCUT2D eigenvalue weighted by molar-refractivity contribution is 7.89. The molecule has 1 atom stereocenters. The molecule has 2 rings (SSSR count). The Bertz CT molecular complexity index is 679. The number of rotatable bonds is 6. The highest BCUT2D eigenvalue weighted by Gasteiger charge is 2.31. The molecule has 0 unspecified atom stereocenters. The van der Waals surface area contributed by atoms with Crippen LogP contribution in [0.3, 0.4) is 0 Å². The molecule has 0 aromatic heterocycles. The summed E-state index contributed by atoms with van der Waals surface area (Å²) in [5.74, 6) is -0.00884. The molecule has 1 aliphatic rings. The average Bonchev–Trinajstić information content (AvgIpc) is 2.81. The van der Waals surface area contributed by atoms with E-state index in [1.807, 2.05) is 20.8 Å². The van der Waals surface area contributed by atoms with E-state index in [9.17, 15) is 13.2 Å². The van der Waals surface area contributed by atoms with Gasteiger partial charge < -0.3 is 4.90 Å². The van der Waals surface area contributed by atoms with Gasteiger partial charge in [0.25, 0.3) is 0 Å². The highest BCUT2D eigenvalue weighted by Crippen LogP contribution is 2.34. The van der Waals surface area contributed by atoms with Gasteiger partial charge in [0.05, 0.1) is 4.90 Å². The van der Waals surface area contributed by atoms with Crippen LogP contribution in [-0.4, -0.2) is 37.8 Å². The zero-order valence-electron chi connectivity index (χ0n) is 14.4. The number of fused-ring (bicyclic) bond motifs is 1. The Morgan fingerprint density at radius 2 is 1.87 bits per heavy atom. The number of carbonyl (C=O) groups excluding carboxylic acids is 1. The van der Waals surface area contributed by atoms with E-state index in [2.05, 4.69) is 0 Å². The lowest BCUT2D eigenvalue weighted by Gasteiger charge is -2.22. The monoisotopic (exact) mass is 338 g/mol. The Morgan fingerprint density at radius 1 is 1.26 bits per heavy atom. The van der Waals surface area contributed by atoms with Crippen LogP contribution in [0.25, 0.3) is 0 Å². The molecule has 1 aromatic rings. The van der Waals surface area contributed by atoms with Crippen LogP contribution < -0.4 is 4.90 Å². The number of anilines is 1. The molecule has 0 N–H and O–H groups in total. The molecule has 0 radical (unpaired) electrons. The minimum Gasteiger partial charge on any atom is -0.309 e. The van der Waals surface area contributed by atoms with Gasteiger partial charge in [-0.25, -0.2) is 8.42 Å². The van der Waals surface area contributed by atoms with Crippen LogP contribution in [0, 0.1) is 0 Å². The summed E-state index contributed by atoms with van der Waals surface area (Å²) in [6, 6.07) is 5.20. The van der Waals surface area contributed by atoms with Crippen molar-refractivity contribution in [3.05, 3.63) is 23.8 Å². The van der Waals surface area contributed by atoms with Gasteiger partial charge in [0.15, 0.2) is 0 Å². The SMILES string of the molecule is CCCN(CCC)S(=O)(=O)c1ccc2c(c1)C[C@H](C)N2C(C)=O. The van der Waals surface area contributed by atoms with Gasteiger partial charge in [0.2, 0.25) is 15.9 Å². The van der Waals surface area contributed by atoms with Gasteiger partial charge in [0, 0.05) is 31.7 Å². The topological polar surface area (TPSA) is 57.7 Å². The fourth-order valence-corrected chi connectivity index (χ4v) is 4.92. The lowest BCUT2D eigenvalue weighted by Crippen LogP contribution is -2.33. The van der Waals surface area contributed by atoms with Crippen molar-refractivity contribution in [2.24, 2.45) is 0 Å². The standard InChI is InChI=1S/C17H26N2O3S/c1-5-9-18(10-6-2)23(21,22)16-7-8-17-15(12-16)11-13(3)19(17)14(4)20/h7-8,12-13H,5-6,9-11H2,1-4H3/t13-/m0/s1. The number of sulfonamides is 1. The fraction of sp³-hybridized carbons (Fsp3) is 0.588. The normalized spacial score (nSPS) is 17.6. The van der Waals surface area contributed by atoms with E-state index in [0.29, 0.717) is 24.4 Å². The quantitative estimate of drug-likeness (QED) is 0.801. The Kier molecular flexibility index (Phi) is 5.47. The molecular weight excluding hydrogens is 312 g/mol. The first-order chi connectivity index (χ1) is 10.8. The molecule has 0 fully saturated rings. The van der Waals surface area contributed by atoms with Crippen molar-refractivity contribution in [2.45, 2.75) is 57.9 Å². The molecule has 23 heavy (non-hydrogen) atoms. The van der Waals surface area contributed by atoms with Crippen molar-refractivity contribution in [2.75, 3.05) is 18.0 Å². The number of hydrogen-bond donors (Lipinski definition) is 0. The smallest absolute Gasteiger partial charge is 0.243 e. The van der Waals surface area contributed by atoms with Gasteiger partial charge >= 0.3 is 0 Å².